The van der Waals surface area contributed by atoms with Crippen LogP contribution in [-0.2, 0) is 6.42 Å². The molecule has 1 unspecified atom stereocenters. The van der Waals surface area contributed by atoms with Gasteiger partial charge in [0.15, 0.2) is 0 Å². The summed E-state index contributed by atoms with van der Waals surface area (Å²) in [6.45, 7) is 4.45. The maximum Gasteiger partial charge on any atom is 0.121 e. The van der Waals surface area contributed by atoms with Crippen molar-refractivity contribution in [2.45, 2.75) is 26.7 Å². The van der Waals surface area contributed by atoms with Gasteiger partial charge in [-0.25, -0.2) is 4.98 Å². The van der Waals surface area contributed by atoms with Gasteiger partial charge in [-0.3, -0.25) is 0 Å². The summed E-state index contributed by atoms with van der Waals surface area (Å²) in [5, 5.41) is 0. The molecule has 1 heterocycles. The van der Waals surface area contributed by atoms with E-state index in [0.717, 1.165) is 29.0 Å². The Hall–Kier alpha value is -1.51. The van der Waals surface area contributed by atoms with Crippen LogP contribution in [0.25, 0.3) is 11.0 Å². The van der Waals surface area contributed by atoms with Gasteiger partial charge in [-0.05, 0) is 18.1 Å². The van der Waals surface area contributed by atoms with Crippen molar-refractivity contribution in [3.05, 3.63) is 24.0 Å². The normalized spacial score (nSPS) is 12.9. The van der Waals surface area contributed by atoms with E-state index in [1.54, 1.807) is 7.11 Å². The predicted octanol–water partition coefficient (Wildman–Crippen LogP) is 3.16. The van der Waals surface area contributed by atoms with Crippen LogP contribution in [0.4, 0.5) is 0 Å². The smallest absolute Gasteiger partial charge is 0.121 e. The summed E-state index contributed by atoms with van der Waals surface area (Å²) < 4.78 is 5.19. The Bertz CT molecular complexity index is 476. The van der Waals surface area contributed by atoms with Gasteiger partial charge in [-0.1, -0.05) is 20.3 Å². The highest BCUT2D eigenvalue weighted by Gasteiger charge is 2.07. The van der Waals surface area contributed by atoms with Crippen LogP contribution < -0.4 is 4.74 Å². The molecule has 0 spiro atoms. The van der Waals surface area contributed by atoms with Crippen LogP contribution >= 0.6 is 0 Å². The molecule has 0 saturated heterocycles. The Balaban J connectivity index is 2.29. The zero-order valence-corrected chi connectivity index (χ0v) is 10.1. The monoisotopic (exact) mass is 218 g/mol. The Morgan fingerprint density at radius 1 is 1.44 bits per heavy atom. The lowest BCUT2D eigenvalue weighted by Gasteiger charge is -2.03. The number of aromatic amines is 1. The highest BCUT2D eigenvalue weighted by atomic mass is 16.5. The molecule has 2 aromatic rings. The van der Waals surface area contributed by atoms with Crippen molar-refractivity contribution in [3.8, 4) is 5.75 Å². The SMILES string of the molecule is CCC(C)Cc1nc2ccc(OC)cc2[nH]1. The van der Waals surface area contributed by atoms with Gasteiger partial charge in [-0.15, -0.1) is 0 Å². The van der Waals surface area contributed by atoms with Gasteiger partial charge in [-0.2, -0.15) is 0 Å². The number of fused-ring (bicyclic) bond motifs is 1. The van der Waals surface area contributed by atoms with Crippen molar-refractivity contribution < 1.29 is 4.74 Å². The van der Waals surface area contributed by atoms with Crippen molar-refractivity contribution in [1.29, 1.82) is 0 Å². The first-order valence-electron chi connectivity index (χ1n) is 5.75. The zero-order valence-electron chi connectivity index (χ0n) is 10.1. The Morgan fingerprint density at radius 3 is 2.94 bits per heavy atom. The molecule has 0 bridgehead atoms. The van der Waals surface area contributed by atoms with E-state index in [4.69, 9.17) is 4.74 Å². The second-order valence-electron chi connectivity index (χ2n) is 4.28. The maximum atomic E-state index is 5.19. The predicted molar refractivity (Wildman–Crippen MR) is 65.8 cm³/mol. The molecule has 16 heavy (non-hydrogen) atoms. The number of ether oxygens (including phenoxy) is 1. The molecule has 1 atom stereocenters. The largest absolute Gasteiger partial charge is 0.497 e. The first-order chi connectivity index (χ1) is 7.72. The van der Waals surface area contributed by atoms with Crippen molar-refractivity contribution in [2.24, 2.45) is 5.92 Å². The minimum atomic E-state index is 0.669. The fraction of sp³-hybridized carbons (Fsp3) is 0.462. The number of hydrogen-bond acceptors (Lipinski definition) is 2. The molecule has 2 rings (SSSR count). The van der Waals surface area contributed by atoms with Crippen molar-refractivity contribution in [1.82, 2.24) is 9.97 Å². The summed E-state index contributed by atoms with van der Waals surface area (Å²) in [5.41, 5.74) is 2.07. The quantitative estimate of drug-likeness (QED) is 0.856. The molecule has 86 valence electrons. The summed E-state index contributed by atoms with van der Waals surface area (Å²) in [6.07, 6.45) is 2.19. The van der Waals surface area contributed by atoms with Gasteiger partial charge >= 0.3 is 0 Å². The summed E-state index contributed by atoms with van der Waals surface area (Å²) in [6, 6.07) is 5.92. The van der Waals surface area contributed by atoms with E-state index in [9.17, 15) is 0 Å². The highest BCUT2D eigenvalue weighted by molar-refractivity contribution is 5.76. The molecule has 3 heteroatoms. The molecule has 0 aliphatic heterocycles. The summed E-state index contributed by atoms with van der Waals surface area (Å²) in [7, 11) is 1.68. The van der Waals surface area contributed by atoms with E-state index in [1.165, 1.54) is 6.42 Å². The maximum absolute atomic E-state index is 5.19. The van der Waals surface area contributed by atoms with Crippen LogP contribution in [0.5, 0.6) is 5.75 Å². The molecule has 0 fully saturated rings. The third kappa shape index (κ3) is 2.18. The molecule has 0 saturated carbocycles. The lowest BCUT2D eigenvalue weighted by molar-refractivity contribution is 0.415. The van der Waals surface area contributed by atoms with Crippen LogP contribution in [-0.4, -0.2) is 17.1 Å². The fourth-order valence-electron chi connectivity index (χ4n) is 1.74. The highest BCUT2D eigenvalue weighted by Crippen LogP contribution is 2.20. The van der Waals surface area contributed by atoms with E-state index in [1.807, 2.05) is 18.2 Å². The number of benzene rings is 1. The van der Waals surface area contributed by atoms with Crippen molar-refractivity contribution in [3.63, 3.8) is 0 Å². The van der Waals surface area contributed by atoms with Crippen LogP contribution in [0.2, 0.25) is 0 Å². The molecule has 3 nitrogen and oxygen atoms in total. The van der Waals surface area contributed by atoms with E-state index in [-0.39, 0.29) is 0 Å². The Kier molecular flexibility index (Phi) is 3.13. The number of nitrogens with one attached hydrogen (secondary N) is 1. The van der Waals surface area contributed by atoms with Crippen LogP contribution in [0.15, 0.2) is 18.2 Å². The van der Waals surface area contributed by atoms with E-state index in [0.29, 0.717) is 5.92 Å². The molecule has 1 aromatic heterocycles. The lowest BCUT2D eigenvalue weighted by Crippen LogP contribution is -1.99. The number of imidazole rings is 1. The third-order valence-electron chi connectivity index (χ3n) is 2.98. The second-order valence-corrected chi connectivity index (χ2v) is 4.28. The standard InChI is InChI=1S/C13H18N2O/c1-4-9(2)7-13-14-11-6-5-10(16-3)8-12(11)15-13/h5-6,8-9H,4,7H2,1-3H3,(H,14,15). The second kappa shape index (κ2) is 4.56. The topological polar surface area (TPSA) is 37.9 Å². The van der Waals surface area contributed by atoms with E-state index >= 15 is 0 Å². The van der Waals surface area contributed by atoms with E-state index < -0.39 is 0 Å². The summed E-state index contributed by atoms with van der Waals surface area (Å²) >= 11 is 0. The Labute approximate surface area is 95.8 Å². The number of nitrogens with zero attached hydrogens (tertiary/aromatic N) is 1. The van der Waals surface area contributed by atoms with Gasteiger partial charge in [0.05, 0.1) is 18.1 Å². The molecular weight excluding hydrogens is 200 g/mol. The molecule has 0 aliphatic rings. The van der Waals surface area contributed by atoms with Gasteiger partial charge in [0, 0.05) is 12.5 Å². The zero-order chi connectivity index (χ0) is 11.5. The number of H-pyrrole nitrogens is 1. The third-order valence-corrected chi connectivity index (χ3v) is 2.98. The lowest BCUT2D eigenvalue weighted by atomic mass is 10.1. The van der Waals surface area contributed by atoms with Crippen LogP contribution in [0.3, 0.4) is 0 Å². The first kappa shape index (κ1) is 11.0. The van der Waals surface area contributed by atoms with Crippen LogP contribution in [0.1, 0.15) is 26.1 Å². The van der Waals surface area contributed by atoms with Gasteiger partial charge in [0.25, 0.3) is 0 Å². The van der Waals surface area contributed by atoms with Crippen LogP contribution in [0, 0.1) is 5.92 Å². The molecule has 1 N–H and O–H groups in total. The summed E-state index contributed by atoms with van der Waals surface area (Å²) in [5.74, 6) is 2.60. The average Bonchev–Trinajstić information content (AvgIpc) is 2.69. The van der Waals surface area contributed by atoms with Crippen molar-refractivity contribution in [2.75, 3.05) is 7.11 Å². The number of aromatic nitrogens is 2. The van der Waals surface area contributed by atoms with E-state index in [2.05, 4.69) is 23.8 Å². The average molecular weight is 218 g/mol. The summed E-state index contributed by atoms with van der Waals surface area (Å²) in [4.78, 5) is 7.91. The molecule has 0 aliphatic carbocycles. The first-order valence-corrected chi connectivity index (χ1v) is 5.75. The van der Waals surface area contributed by atoms with Gasteiger partial charge in [0.1, 0.15) is 11.6 Å². The van der Waals surface area contributed by atoms with Gasteiger partial charge in [0.2, 0.25) is 0 Å². The molecule has 0 amide bonds. The molecule has 0 radical (unpaired) electrons. The number of hydrogen-bond donors (Lipinski definition) is 1. The van der Waals surface area contributed by atoms with Gasteiger partial charge < -0.3 is 9.72 Å². The minimum absolute atomic E-state index is 0.669. The molecule has 1 aromatic carbocycles. The fourth-order valence-corrected chi connectivity index (χ4v) is 1.74. The van der Waals surface area contributed by atoms with Crippen molar-refractivity contribution >= 4 is 11.0 Å². The molecular formula is C13H18N2O. The Morgan fingerprint density at radius 2 is 2.25 bits per heavy atom. The number of methoxy groups -OCH3 is 1. The number of rotatable bonds is 4. The minimum Gasteiger partial charge on any atom is -0.497 e.